The normalized spacial score (nSPS) is 13.9. The molecule has 0 spiro atoms. The number of carbonyl (C=O) groups is 2. The molecule has 3 aromatic heterocycles. The Morgan fingerprint density at radius 3 is 2.77 bits per heavy atom. The summed E-state index contributed by atoms with van der Waals surface area (Å²) in [6.07, 6.45) is 1.34. The highest BCUT2D eigenvalue weighted by Gasteiger charge is 2.25. The van der Waals surface area contributed by atoms with E-state index in [9.17, 15) is 9.59 Å². The number of anilines is 2. The summed E-state index contributed by atoms with van der Waals surface area (Å²) < 4.78 is 5.39. The second-order valence-electron chi connectivity index (χ2n) is 7.53. The molecule has 0 radical (unpaired) electrons. The van der Waals surface area contributed by atoms with Crippen molar-refractivity contribution in [1.29, 1.82) is 0 Å². The molecular formula is C23H20N4O3S. The van der Waals surface area contributed by atoms with Gasteiger partial charge in [0.2, 0.25) is 5.91 Å². The molecule has 7 nitrogen and oxygen atoms in total. The smallest absolute Gasteiger partial charge is 0.259 e. The van der Waals surface area contributed by atoms with Crippen LogP contribution in [-0.4, -0.2) is 28.5 Å². The van der Waals surface area contributed by atoms with Crippen LogP contribution in [0.25, 0.3) is 21.7 Å². The quantitative estimate of drug-likeness (QED) is 0.493. The molecule has 1 saturated heterocycles. The Morgan fingerprint density at radius 2 is 2.03 bits per heavy atom. The highest BCUT2D eigenvalue weighted by Crippen LogP contribution is 2.33. The van der Waals surface area contributed by atoms with Gasteiger partial charge in [-0.3, -0.25) is 9.59 Å². The fourth-order valence-electron chi connectivity index (χ4n) is 3.88. The van der Waals surface area contributed by atoms with Crippen molar-refractivity contribution < 1.29 is 14.1 Å². The lowest BCUT2D eigenvalue weighted by atomic mass is 10.1. The summed E-state index contributed by atoms with van der Waals surface area (Å²) in [5, 5.41) is 7.59. The second-order valence-corrected chi connectivity index (χ2v) is 8.82. The SMILES string of the molecule is Cc1ccc(-c2cc(C(=O)Nc3ccccc3N3CCCC3=O)c3c(C)noc3n2)s1. The Kier molecular flexibility index (Phi) is 4.78. The molecule has 4 aromatic rings. The molecule has 4 heterocycles. The van der Waals surface area contributed by atoms with Gasteiger partial charge in [-0.2, -0.15) is 0 Å². The first kappa shape index (κ1) is 19.4. The van der Waals surface area contributed by atoms with Crippen LogP contribution in [0.4, 0.5) is 11.4 Å². The van der Waals surface area contributed by atoms with Crippen LogP contribution >= 0.6 is 11.3 Å². The molecule has 1 aliphatic heterocycles. The van der Waals surface area contributed by atoms with Crippen molar-refractivity contribution in [2.24, 2.45) is 0 Å². The van der Waals surface area contributed by atoms with E-state index in [1.165, 1.54) is 0 Å². The number of fused-ring (bicyclic) bond motifs is 1. The van der Waals surface area contributed by atoms with Gasteiger partial charge in [-0.15, -0.1) is 11.3 Å². The minimum Gasteiger partial charge on any atom is -0.335 e. The van der Waals surface area contributed by atoms with E-state index in [1.807, 2.05) is 37.3 Å². The molecule has 31 heavy (non-hydrogen) atoms. The Balaban J connectivity index is 1.56. The number of hydrogen-bond acceptors (Lipinski definition) is 6. The average Bonchev–Trinajstić information content (AvgIpc) is 3.48. The summed E-state index contributed by atoms with van der Waals surface area (Å²) in [5.74, 6) is -0.231. The van der Waals surface area contributed by atoms with Crippen LogP contribution in [0.5, 0.6) is 0 Å². The summed E-state index contributed by atoms with van der Waals surface area (Å²) >= 11 is 1.60. The number of hydrogen-bond donors (Lipinski definition) is 1. The third-order valence-corrected chi connectivity index (χ3v) is 6.39. The molecule has 0 unspecified atom stereocenters. The molecule has 1 fully saturated rings. The number of pyridine rings is 1. The second kappa shape index (κ2) is 7.63. The number of nitrogens with zero attached hydrogens (tertiary/aromatic N) is 3. The zero-order valence-corrected chi connectivity index (χ0v) is 18.0. The number of nitrogens with one attached hydrogen (secondary N) is 1. The molecule has 0 bridgehead atoms. The van der Waals surface area contributed by atoms with Gasteiger partial charge in [0.05, 0.1) is 38.6 Å². The van der Waals surface area contributed by atoms with E-state index in [0.29, 0.717) is 52.4 Å². The van der Waals surface area contributed by atoms with Gasteiger partial charge < -0.3 is 14.7 Å². The van der Waals surface area contributed by atoms with E-state index in [-0.39, 0.29) is 11.8 Å². The van der Waals surface area contributed by atoms with Crippen molar-refractivity contribution >= 4 is 45.6 Å². The van der Waals surface area contributed by atoms with Gasteiger partial charge >= 0.3 is 0 Å². The number of thiophene rings is 1. The van der Waals surface area contributed by atoms with E-state index in [4.69, 9.17) is 4.52 Å². The van der Waals surface area contributed by atoms with Crippen molar-refractivity contribution in [2.75, 3.05) is 16.8 Å². The molecule has 1 aromatic carbocycles. The fourth-order valence-corrected chi connectivity index (χ4v) is 4.71. The third-order valence-electron chi connectivity index (χ3n) is 5.37. The maximum absolute atomic E-state index is 13.4. The largest absolute Gasteiger partial charge is 0.335 e. The third kappa shape index (κ3) is 3.48. The lowest BCUT2D eigenvalue weighted by Gasteiger charge is -2.20. The van der Waals surface area contributed by atoms with E-state index in [0.717, 1.165) is 16.2 Å². The predicted molar refractivity (Wildman–Crippen MR) is 121 cm³/mol. The van der Waals surface area contributed by atoms with Crippen LogP contribution < -0.4 is 10.2 Å². The Bertz CT molecular complexity index is 1320. The zero-order valence-electron chi connectivity index (χ0n) is 17.1. The minimum atomic E-state index is -0.299. The van der Waals surface area contributed by atoms with Crippen molar-refractivity contribution in [3.05, 3.63) is 58.6 Å². The van der Waals surface area contributed by atoms with E-state index < -0.39 is 0 Å². The van der Waals surface area contributed by atoms with Crippen LogP contribution in [0, 0.1) is 13.8 Å². The first-order valence-electron chi connectivity index (χ1n) is 10.1. The topological polar surface area (TPSA) is 88.3 Å². The number of amides is 2. The molecule has 1 N–H and O–H groups in total. The van der Waals surface area contributed by atoms with Crippen LogP contribution in [0.15, 0.2) is 47.0 Å². The number of benzene rings is 1. The van der Waals surface area contributed by atoms with E-state index >= 15 is 0 Å². The van der Waals surface area contributed by atoms with Gasteiger partial charge in [0.15, 0.2) is 0 Å². The highest BCUT2D eigenvalue weighted by molar-refractivity contribution is 7.15. The first-order chi connectivity index (χ1) is 15.0. The summed E-state index contributed by atoms with van der Waals surface area (Å²) in [4.78, 5) is 34.1. The lowest BCUT2D eigenvalue weighted by Crippen LogP contribution is -2.25. The predicted octanol–water partition coefficient (Wildman–Crippen LogP) is 4.95. The fraction of sp³-hybridized carbons (Fsp3) is 0.217. The van der Waals surface area contributed by atoms with Gasteiger partial charge in [0.1, 0.15) is 0 Å². The molecule has 0 aliphatic carbocycles. The number of rotatable bonds is 4. The number of carbonyl (C=O) groups excluding carboxylic acids is 2. The Labute approximate surface area is 182 Å². The molecule has 156 valence electrons. The highest BCUT2D eigenvalue weighted by atomic mass is 32.1. The summed E-state index contributed by atoms with van der Waals surface area (Å²) in [6, 6.07) is 13.1. The van der Waals surface area contributed by atoms with Gasteiger partial charge in [-0.25, -0.2) is 4.98 Å². The molecule has 1 aliphatic rings. The van der Waals surface area contributed by atoms with Crippen molar-refractivity contribution in [2.45, 2.75) is 26.7 Å². The van der Waals surface area contributed by atoms with Crippen LogP contribution in [-0.2, 0) is 4.79 Å². The number of para-hydroxylation sites is 2. The van der Waals surface area contributed by atoms with Crippen LogP contribution in [0.1, 0.15) is 33.8 Å². The van der Waals surface area contributed by atoms with Crippen molar-refractivity contribution in [3.8, 4) is 10.6 Å². The molecule has 2 amide bonds. The summed E-state index contributed by atoms with van der Waals surface area (Å²) in [7, 11) is 0. The Morgan fingerprint density at radius 1 is 1.19 bits per heavy atom. The van der Waals surface area contributed by atoms with Crippen LogP contribution in [0.3, 0.4) is 0 Å². The maximum Gasteiger partial charge on any atom is 0.259 e. The summed E-state index contributed by atoms with van der Waals surface area (Å²) in [6.45, 7) is 4.46. The van der Waals surface area contributed by atoms with Crippen molar-refractivity contribution in [3.63, 3.8) is 0 Å². The van der Waals surface area contributed by atoms with Gasteiger partial charge in [0, 0.05) is 17.8 Å². The van der Waals surface area contributed by atoms with Crippen molar-refractivity contribution in [1.82, 2.24) is 10.1 Å². The maximum atomic E-state index is 13.4. The molecular weight excluding hydrogens is 412 g/mol. The standard InChI is InChI=1S/C23H20N4O3S/c1-13-9-10-19(31-13)17-12-15(21-14(2)26-30-23(21)25-17)22(29)24-16-6-3-4-7-18(16)27-11-5-8-20(27)28/h3-4,6-7,9-10,12H,5,8,11H2,1-2H3,(H,24,29). The van der Waals surface area contributed by atoms with E-state index in [1.54, 1.807) is 35.3 Å². The van der Waals surface area contributed by atoms with E-state index in [2.05, 4.69) is 15.5 Å². The summed E-state index contributed by atoms with van der Waals surface area (Å²) in [5.41, 5.74) is 3.33. The molecule has 0 saturated carbocycles. The van der Waals surface area contributed by atoms with Crippen LogP contribution in [0.2, 0.25) is 0 Å². The Hall–Kier alpha value is -3.52. The average molecular weight is 433 g/mol. The first-order valence-corrected chi connectivity index (χ1v) is 10.9. The molecule has 8 heteroatoms. The number of aryl methyl sites for hydroxylation is 2. The van der Waals surface area contributed by atoms with Gasteiger partial charge in [-0.1, -0.05) is 17.3 Å². The lowest BCUT2D eigenvalue weighted by molar-refractivity contribution is -0.117. The zero-order chi connectivity index (χ0) is 21.5. The monoisotopic (exact) mass is 432 g/mol. The number of aromatic nitrogens is 2. The molecule has 0 atom stereocenters. The minimum absolute atomic E-state index is 0.0678. The van der Waals surface area contributed by atoms with Gasteiger partial charge in [0.25, 0.3) is 11.6 Å². The van der Waals surface area contributed by atoms with Gasteiger partial charge in [-0.05, 0) is 50.6 Å². The molecule has 5 rings (SSSR count).